The van der Waals surface area contributed by atoms with Gasteiger partial charge in [-0.05, 0) is 37.5 Å². The number of carbonyl (C=O) groups is 1. The molecule has 2 aromatic rings. The summed E-state index contributed by atoms with van der Waals surface area (Å²) >= 11 is 0. The maximum absolute atomic E-state index is 14.0. The Balaban J connectivity index is 1.58. The Bertz CT molecular complexity index is 918. The average Bonchev–Trinajstić information content (AvgIpc) is 3.53. The van der Waals surface area contributed by atoms with Gasteiger partial charge in [0.1, 0.15) is 5.76 Å². The van der Waals surface area contributed by atoms with E-state index in [1.165, 1.54) is 0 Å². The van der Waals surface area contributed by atoms with E-state index in [9.17, 15) is 4.79 Å². The summed E-state index contributed by atoms with van der Waals surface area (Å²) in [5.41, 5.74) is 1.36. The van der Waals surface area contributed by atoms with Crippen LogP contribution in [0.1, 0.15) is 42.7 Å². The summed E-state index contributed by atoms with van der Waals surface area (Å²) in [5.74, 6) is 2.55. The molecule has 1 aromatic carbocycles. The predicted molar refractivity (Wildman–Crippen MR) is 116 cm³/mol. The number of rotatable bonds is 7. The van der Waals surface area contributed by atoms with Gasteiger partial charge >= 0.3 is 0 Å². The molecule has 4 rings (SSSR count). The quantitative estimate of drug-likeness (QED) is 0.672. The molecule has 168 valence electrons. The molecule has 0 bridgehead atoms. The molecule has 0 N–H and O–H groups in total. The summed E-state index contributed by atoms with van der Waals surface area (Å²) in [6.45, 7) is 3.17. The van der Waals surface area contributed by atoms with E-state index in [-0.39, 0.29) is 17.9 Å². The lowest BCUT2D eigenvalue weighted by Crippen LogP contribution is -2.45. The van der Waals surface area contributed by atoms with Crippen LogP contribution in [0.15, 0.2) is 28.8 Å². The Kier molecular flexibility index (Phi) is 6.23. The molecule has 1 amide bonds. The molecule has 1 aliphatic heterocycles. The van der Waals surface area contributed by atoms with Gasteiger partial charge in [0.25, 0.3) is 0 Å². The molecule has 31 heavy (non-hydrogen) atoms. The lowest BCUT2D eigenvalue weighted by molar-refractivity contribution is -0.136. The van der Waals surface area contributed by atoms with Crippen LogP contribution in [0.25, 0.3) is 0 Å². The highest BCUT2D eigenvalue weighted by Gasteiger charge is 2.48. The van der Waals surface area contributed by atoms with E-state index >= 15 is 0 Å². The van der Waals surface area contributed by atoms with Gasteiger partial charge in [0.15, 0.2) is 11.5 Å². The number of amides is 1. The van der Waals surface area contributed by atoms with Crippen molar-refractivity contribution >= 4 is 5.91 Å². The number of hydrogen-bond acceptors (Lipinski definition) is 6. The molecule has 7 heteroatoms. The number of carbonyl (C=O) groups excluding carboxylic acids is 1. The second-order valence-corrected chi connectivity index (χ2v) is 8.74. The molecule has 1 saturated carbocycles. The summed E-state index contributed by atoms with van der Waals surface area (Å²) in [5, 5.41) is 3.99. The number of aryl methyl sites for hydroxylation is 1. The van der Waals surface area contributed by atoms with Crippen molar-refractivity contribution in [2.75, 3.05) is 34.4 Å². The number of likely N-dealkylation sites (tertiary alicyclic amines) is 1. The Hall–Kier alpha value is -2.54. The maximum atomic E-state index is 14.0. The van der Waals surface area contributed by atoms with Gasteiger partial charge in [-0.3, -0.25) is 4.79 Å². The summed E-state index contributed by atoms with van der Waals surface area (Å²) in [6, 6.07) is 7.85. The second kappa shape index (κ2) is 8.91. The zero-order valence-electron chi connectivity index (χ0n) is 18.8. The van der Waals surface area contributed by atoms with Crippen LogP contribution in [0.2, 0.25) is 0 Å². The fraction of sp³-hybridized carbons (Fsp3) is 0.583. The van der Waals surface area contributed by atoms with E-state index in [4.69, 9.17) is 18.7 Å². The number of benzene rings is 1. The number of aromatic nitrogens is 1. The Morgan fingerprint density at radius 1 is 1.13 bits per heavy atom. The van der Waals surface area contributed by atoms with Gasteiger partial charge in [0.2, 0.25) is 5.91 Å². The van der Waals surface area contributed by atoms with E-state index in [0.29, 0.717) is 31.0 Å². The van der Waals surface area contributed by atoms with Crippen LogP contribution in [-0.2, 0) is 21.4 Å². The highest BCUT2D eigenvalue weighted by Crippen LogP contribution is 2.45. The van der Waals surface area contributed by atoms with Crippen molar-refractivity contribution in [3.63, 3.8) is 0 Å². The van der Waals surface area contributed by atoms with Crippen LogP contribution in [0.5, 0.6) is 11.5 Å². The monoisotopic (exact) mass is 428 g/mol. The van der Waals surface area contributed by atoms with Crippen LogP contribution in [0, 0.1) is 12.8 Å². The number of hydrogen-bond donors (Lipinski definition) is 0. The first kappa shape index (κ1) is 21.7. The molecule has 1 saturated heterocycles. The Morgan fingerprint density at radius 3 is 2.48 bits per heavy atom. The molecule has 7 nitrogen and oxygen atoms in total. The molecule has 1 aromatic heterocycles. The van der Waals surface area contributed by atoms with Crippen molar-refractivity contribution in [3.8, 4) is 11.5 Å². The van der Waals surface area contributed by atoms with Crippen LogP contribution in [0.4, 0.5) is 0 Å². The number of nitrogens with zero attached hydrogens (tertiary/aromatic N) is 2. The minimum absolute atomic E-state index is 0.0155. The van der Waals surface area contributed by atoms with Gasteiger partial charge in [-0.15, -0.1) is 0 Å². The van der Waals surface area contributed by atoms with Crippen molar-refractivity contribution in [1.82, 2.24) is 10.1 Å². The molecule has 0 radical (unpaired) electrons. The van der Waals surface area contributed by atoms with Crippen LogP contribution in [0.3, 0.4) is 0 Å². The molecule has 2 heterocycles. The normalized spacial score (nSPS) is 22.6. The van der Waals surface area contributed by atoms with Gasteiger partial charge in [0, 0.05) is 38.6 Å². The highest BCUT2D eigenvalue weighted by atomic mass is 16.5. The lowest BCUT2D eigenvalue weighted by Gasteiger charge is -2.33. The van der Waals surface area contributed by atoms with Crippen LogP contribution >= 0.6 is 0 Å². The molecule has 2 fully saturated rings. The zero-order valence-corrected chi connectivity index (χ0v) is 18.8. The molecular weight excluding hydrogens is 396 g/mol. The largest absolute Gasteiger partial charge is 0.493 e. The standard InChI is InChI=1S/C24H32N2O5/c1-16-11-19(31-25-16)12-17-14-26(15-22(17)30-4)23(27)24(9-5-6-10-24)18-7-8-20(28-2)21(13-18)29-3/h7-8,11,13,17,22H,5-6,9-10,12,14-15H2,1-4H3/t17-,22+/m1/s1. The van der Waals surface area contributed by atoms with Crippen LogP contribution < -0.4 is 9.47 Å². The van der Waals surface area contributed by atoms with Crippen molar-refractivity contribution < 1.29 is 23.5 Å². The van der Waals surface area contributed by atoms with Crippen LogP contribution in [-0.4, -0.2) is 56.5 Å². The molecule has 2 aliphatic rings. The number of methoxy groups -OCH3 is 3. The molecular formula is C24H32N2O5. The first-order valence-electron chi connectivity index (χ1n) is 11.0. The third-order valence-electron chi connectivity index (χ3n) is 6.91. The minimum Gasteiger partial charge on any atom is -0.493 e. The number of ether oxygens (including phenoxy) is 3. The Labute approximate surface area is 183 Å². The average molecular weight is 429 g/mol. The summed E-state index contributed by atoms with van der Waals surface area (Å²) in [7, 11) is 4.97. The first-order chi connectivity index (χ1) is 15.0. The predicted octanol–water partition coefficient (Wildman–Crippen LogP) is 3.53. The molecule has 1 aliphatic carbocycles. The molecule has 0 spiro atoms. The fourth-order valence-electron chi connectivity index (χ4n) is 5.28. The third-order valence-corrected chi connectivity index (χ3v) is 6.91. The van der Waals surface area contributed by atoms with Gasteiger partial charge in [-0.2, -0.15) is 0 Å². The van der Waals surface area contributed by atoms with Gasteiger partial charge in [-0.25, -0.2) is 0 Å². The minimum atomic E-state index is -0.518. The van der Waals surface area contributed by atoms with E-state index in [1.54, 1.807) is 21.3 Å². The van der Waals surface area contributed by atoms with Crippen molar-refractivity contribution in [1.29, 1.82) is 0 Å². The van der Waals surface area contributed by atoms with Gasteiger partial charge < -0.3 is 23.6 Å². The van der Waals surface area contributed by atoms with Crippen molar-refractivity contribution in [2.45, 2.75) is 50.5 Å². The van der Waals surface area contributed by atoms with Gasteiger partial charge in [0.05, 0.1) is 31.4 Å². The third kappa shape index (κ3) is 4.03. The summed E-state index contributed by atoms with van der Waals surface area (Å²) in [6.07, 6.45) is 4.48. The molecule has 2 atom stereocenters. The fourth-order valence-corrected chi connectivity index (χ4v) is 5.28. The van der Waals surface area contributed by atoms with Crippen molar-refractivity contribution in [2.24, 2.45) is 5.92 Å². The van der Waals surface area contributed by atoms with E-state index in [0.717, 1.165) is 42.7 Å². The Morgan fingerprint density at radius 2 is 1.87 bits per heavy atom. The SMILES string of the molecule is COc1ccc(C2(C(=O)N3C[C@@H](Cc4cc(C)no4)[C@@H](OC)C3)CCCC2)cc1OC. The highest BCUT2D eigenvalue weighted by molar-refractivity contribution is 5.89. The lowest BCUT2D eigenvalue weighted by atomic mass is 9.77. The topological polar surface area (TPSA) is 74.0 Å². The maximum Gasteiger partial charge on any atom is 0.233 e. The van der Waals surface area contributed by atoms with Crippen molar-refractivity contribution in [3.05, 3.63) is 41.3 Å². The van der Waals surface area contributed by atoms with Gasteiger partial charge in [-0.1, -0.05) is 24.1 Å². The summed E-state index contributed by atoms with van der Waals surface area (Å²) in [4.78, 5) is 15.9. The van der Waals surface area contributed by atoms with E-state index in [1.807, 2.05) is 36.1 Å². The molecule has 0 unspecified atom stereocenters. The first-order valence-corrected chi connectivity index (χ1v) is 11.0. The zero-order chi connectivity index (χ0) is 22.0. The second-order valence-electron chi connectivity index (χ2n) is 8.74. The smallest absolute Gasteiger partial charge is 0.233 e. The van der Waals surface area contributed by atoms with E-state index in [2.05, 4.69) is 5.16 Å². The van der Waals surface area contributed by atoms with E-state index < -0.39 is 5.41 Å². The summed E-state index contributed by atoms with van der Waals surface area (Å²) < 4.78 is 22.1.